The van der Waals surface area contributed by atoms with E-state index in [4.69, 9.17) is 16.0 Å². The minimum Gasteiger partial charge on any atom is -0.506 e. The predicted molar refractivity (Wildman–Crippen MR) is 85.0 cm³/mol. The smallest absolute Gasteiger partial charge is 0.181 e. The van der Waals surface area contributed by atoms with Crippen molar-refractivity contribution >= 4 is 11.6 Å². The maximum absolute atomic E-state index is 9.49. The highest BCUT2D eigenvalue weighted by atomic mass is 35.5. The Hall–Kier alpha value is -2.38. The van der Waals surface area contributed by atoms with Crippen molar-refractivity contribution < 1.29 is 9.52 Å². The number of aryl methyl sites for hydroxylation is 1. The fourth-order valence-corrected chi connectivity index (χ4v) is 2.38. The molecular formula is C15H16ClN5O2. The third-order valence-electron chi connectivity index (χ3n) is 3.35. The number of halogens is 1. The molecule has 0 saturated heterocycles. The van der Waals surface area contributed by atoms with Crippen molar-refractivity contribution in [2.45, 2.75) is 19.5 Å². The van der Waals surface area contributed by atoms with Gasteiger partial charge in [-0.1, -0.05) is 11.6 Å². The molecule has 2 aromatic heterocycles. The lowest BCUT2D eigenvalue weighted by atomic mass is 10.1. The molecule has 2 heterocycles. The van der Waals surface area contributed by atoms with Gasteiger partial charge >= 0.3 is 0 Å². The Bertz CT molecular complexity index is 757. The van der Waals surface area contributed by atoms with Gasteiger partial charge in [0.1, 0.15) is 24.1 Å². The Kier molecular flexibility index (Phi) is 4.89. The number of benzene rings is 1. The summed E-state index contributed by atoms with van der Waals surface area (Å²) in [4.78, 5) is 8.13. The van der Waals surface area contributed by atoms with E-state index in [1.807, 2.05) is 0 Å². The van der Waals surface area contributed by atoms with Gasteiger partial charge in [0.25, 0.3) is 0 Å². The lowest BCUT2D eigenvalue weighted by Gasteiger charge is -2.05. The van der Waals surface area contributed by atoms with Gasteiger partial charge in [0.15, 0.2) is 12.2 Å². The third kappa shape index (κ3) is 3.88. The van der Waals surface area contributed by atoms with Crippen molar-refractivity contribution in [2.75, 3.05) is 6.54 Å². The van der Waals surface area contributed by atoms with Crippen molar-refractivity contribution in [1.29, 1.82) is 0 Å². The molecule has 0 spiro atoms. The lowest BCUT2D eigenvalue weighted by Crippen LogP contribution is -2.17. The number of phenols is 1. The van der Waals surface area contributed by atoms with Crippen LogP contribution in [0.25, 0.3) is 11.3 Å². The van der Waals surface area contributed by atoms with Crippen LogP contribution in [0.1, 0.15) is 12.1 Å². The van der Waals surface area contributed by atoms with Crippen LogP contribution in [0.15, 0.2) is 41.7 Å². The third-order valence-corrected chi connectivity index (χ3v) is 3.65. The van der Waals surface area contributed by atoms with Crippen LogP contribution in [0, 0.1) is 0 Å². The highest BCUT2D eigenvalue weighted by Crippen LogP contribution is 2.30. The molecule has 1 aromatic carbocycles. The monoisotopic (exact) mass is 333 g/mol. The fourth-order valence-electron chi connectivity index (χ4n) is 2.20. The number of nitrogens with zero attached hydrogens (tertiary/aromatic N) is 4. The molecule has 23 heavy (non-hydrogen) atoms. The summed E-state index contributed by atoms with van der Waals surface area (Å²) >= 11 is 5.94. The van der Waals surface area contributed by atoms with Crippen LogP contribution in [0.2, 0.25) is 5.02 Å². The summed E-state index contributed by atoms with van der Waals surface area (Å²) in [7, 11) is 0. The number of rotatable bonds is 7. The Morgan fingerprint density at radius 1 is 1.35 bits per heavy atom. The molecule has 8 heteroatoms. The van der Waals surface area contributed by atoms with Crippen LogP contribution in [0.4, 0.5) is 0 Å². The van der Waals surface area contributed by atoms with Crippen molar-refractivity contribution in [3.63, 3.8) is 0 Å². The Morgan fingerprint density at radius 2 is 2.26 bits per heavy atom. The van der Waals surface area contributed by atoms with Crippen molar-refractivity contribution in [3.05, 3.63) is 48.0 Å². The van der Waals surface area contributed by atoms with Crippen LogP contribution in [0.3, 0.4) is 0 Å². The largest absolute Gasteiger partial charge is 0.506 e. The van der Waals surface area contributed by atoms with Crippen LogP contribution < -0.4 is 5.32 Å². The molecule has 0 atom stereocenters. The quantitative estimate of drug-likeness (QED) is 0.646. The maximum Gasteiger partial charge on any atom is 0.181 e. The van der Waals surface area contributed by atoms with Gasteiger partial charge in [-0.25, -0.2) is 9.97 Å². The summed E-state index contributed by atoms with van der Waals surface area (Å²) in [6, 6.07) is 4.94. The van der Waals surface area contributed by atoms with Crippen molar-refractivity contribution in [1.82, 2.24) is 25.1 Å². The summed E-state index contributed by atoms with van der Waals surface area (Å²) in [5.74, 6) is 0.693. The van der Waals surface area contributed by atoms with E-state index in [1.165, 1.54) is 18.8 Å². The van der Waals surface area contributed by atoms with E-state index in [2.05, 4.69) is 20.4 Å². The van der Waals surface area contributed by atoms with Gasteiger partial charge in [-0.2, -0.15) is 5.10 Å². The highest BCUT2D eigenvalue weighted by molar-refractivity contribution is 6.32. The molecule has 0 amide bonds. The first-order valence-electron chi connectivity index (χ1n) is 7.18. The molecule has 120 valence electrons. The van der Waals surface area contributed by atoms with E-state index < -0.39 is 0 Å². The van der Waals surface area contributed by atoms with Gasteiger partial charge in [-0.15, -0.1) is 0 Å². The van der Waals surface area contributed by atoms with E-state index in [0.29, 0.717) is 12.3 Å². The number of nitrogens with one attached hydrogen (secondary N) is 1. The summed E-state index contributed by atoms with van der Waals surface area (Å²) in [6.07, 6.45) is 5.56. The van der Waals surface area contributed by atoms with E-state index in [1.54, 1.807) is 23.1 Å². The number of hydrogen-bond donors (Lipinski definition) is 2. The first-order chi connectivity index (χ1) is 11.2. The molecule has 0 aliphatic carbocycles. The van der Waals surface area contributed by atoms with Crippen LogP contribution >= 0.6 is 11.6 Å². The van der Waals surface area contributed by atoms with Crippen molar-refractivity contribution in [3.8, 4) is 17.1 Å². The van der Waals surface area contributed by atoms with Crippen LogP contribution in [-0.2, 0) is 13.1 Å². The van der Waals surface area contributed by atoms with Gasteiger partial charge in [0.2, 0.25) is 0 Å². The Labute approximate surface area is 137 Å². The van der Waals surface area contributed by atoms with E-state index in [9.17, 15) is 5.11 Å². The molecule has 3 aromatic rings. The van der Waals surface area contributed by atoms with E-state index >= 15 is 0 Å². The minimum absolute atomic E-state index is 0.0442. The molecule has 0 radical (unpaired) electrons. The lowest BCUT2D eigenvalue weighted by molar-refractivity contribution is 0.475. The molecule has 0 aliphatic heterocycles. The average molecular weight is 334 g/mol. The molecule has 0 bridgehead atoms. The number of phenolic OH excluding ortho intramolecular Hbond substituents is 1. The standard InChI is InChI=1S/C15H16ClN5O2/c16-12-6-11(2-3-14(12)22)15-13(19-10-23-15)7-17-4-1-5-21-9-18-8-20-21/h2-3,6,8-10,17,22H,1,4-5,7H2. The zero-order chi connectivity index (χ0) is 16.1. The minimum atomic E-state index is 0.0442. The highest BCUT2D eigenvalue weighted by Gasteiger charge is 2.12. The maximum atomic E-state index is 9.49. The second kappa shape index (κ2) is 7.26. The van der Waals surface area contributed by atoms with Gasteiger partial charge in [-0.05, 0) is 31.2 Å². The summed E-state index contributed by atoms with van der Waals surface area (Å²) < 4.78 is 7.24. The first-order valence-corrected chi connectivity index (χ1v) is 7.56. The van der Waals surface area contributed by atoms with E-state index in [-0.39, 0.29) is 10.8 Å². The molecule has 2 N–H and O–H groups in total. The molecular weight excluding hydrogens is 318 g/mol. The second-order valence-corrected chi connectivity index (χ2v) is 5.39. The second-order valence-electron chi connectivity index (χ2n) is 4.98. The van der Waals surface area contributed by atoms with Gasteiger partial charge in [0.05, 0.1) is 5.02 Å². The normalized spacial score (nSPS) is 11.0. The number of aromatic hydroxyl groups is 1. The Morgan fingerprint density at radius 3 is 3.04 bits per heavy atom. The van der Waals surface area contributed by atoms with Crippen LogP contribution in [0.5, 0.6) is 5.75 Å². The SMILES string of the molecule is Oc1ccc(-c2ocnc2CNCCCn2cncn2)cc1Cl. The fraction of sp³-hybridized carbons (Fsp3) is 0.267. The van der Waals surface area contributed by atoms with Gasteiger partial charge < -0.3 is 14.8 Å². The molecule has 0 unspecified atom stereocenters. The molecule has 0 aliphatic rings. The number of oxazole rings is 1. The topological polar surface area (TPSA) is 89.0 Å². The number of aromatic nitrogens is 4. The molecule has 7 nitrogen and oxygen atoms in total. The zero-order valence-corrected chi connectivity index (χ0v) is 13.1. The Balaban J connectivity index is 1.55. The summed E-state index contributed by atoms with van der Waals surface area (Å²) in [5, 5.41) is 17.1. The summed E-state index contributed by atoms with van der Waals surface area (Å²) in [6.45, 7) is 2.22. The summed E-state index contributed by atoms with van der Waals surface area (Å²) in [5.41, 5.74) is 1.58. The van der Waals surface area contributed by atoms with Crippen LogP contribution in [-0.4, -0.2) is 31.4 Å². The van der Waals surface area contributed by atoms with E-state index in [0.717, 1.165) is 30.8 Å². The number of hydrogen-bond acceptors (Lipinski definition) is 6. The van der Waals surface area contributed by atoms with Gasteiger partial charge in [0, 0.05) is 18.7 Å². The predicted octanol–water partition coefficient (Wildman–Crippen LogP) is 2.47. The van der Waals surface area contributed by atoms with Gasteiger partial charge in [-0.3, -0.25) is 4.68 Å². The molecule has 0 fully saturated rings. The average Bonchev–Trinajstić information content (AvgIpc) is 3.21. The van der Waals surface area contributed by atoms with Crippen molar-refractivity contribution in [2.24, 2.45) is 0 Å². The molecule has 3 rings (SSSR count). The molecule has 0 saturated carbocycles. The zero-order valence-electron chi connectivity index (χ0n) is 12.3. The first kappa shape index (κ1) is 15.5.